The largest absolute Gasteiger partial charge is 0.492 e. The Morgan fingerprint density at radius 2 is 2.25 bits per heavy atom. The number of sulfonamides is 1. The number of rotatable bonds is 3. The summed E-state index contributed by atoms with van der Waals surface area (Å²) in [5, 5.41) is 2.75. The molecule has 2 heterocycles. The fraction of sp³-hybridized carbons (Fsp3) is 0.286. The van der Waals surface area contributed by atoms with Crippen molar-refractivity contribution in [2.24, 2.45) is 0 Å². The molecule has 0 aliphatic carbocycles. The molecule has 0 atom stereocenters. The second-order valence-electron chi connectivity index (χ2n) is 5.07. The van der Waals surface area contributed by atoms with Gasteiger partial charge in [-0.2, -0.15) is 4.31 Å². The minimum absolute atomic E-state index is 0.0850. The van der Waals surface area contributed by atoms with Crippen molar-refractivity contribution in [3.8, 4) is 5.75 Å². The minimum atomic E-state index is -3.72. The molecule has 1 aromatic carbocycles. The second kappa shape index (κ2) is 6.79. The van der Waals surface area contributed by atoms with E-state index < -0.39 is 10.0 Å². The SMILES string of the molecule is CC(=O)Nc1ncc(S(=O)(=O)N2CCOc3cccc(Br)c3C2)s1. The Kier molecular flexibility index (Phi) is 4.90. The van der Waals surface area contributed by atoms with E-state index in [1.807, 2.05) is 18.2 Å². The molecular formula is C14H14BrN3O4S2. The van der Waals surface area contributed by atoms with E-state index in [0.29, 0.717) is 5.75 Å². The van der Waals surface area contributed by atoms with Gasteiger partial charge in [-0.1, -0.05) is 33.3 Å². The number of carbonyl (C=O) groups is 1. The molecule has 10 heteroatoms. The third-order valence-corrected chi connectivity index (χ3v) is 7.31. The number of amides is 1. The van der Waals surface area contributed by atoms with Crippen molar-refractivity contribution in [2.45, 2.75) is 17.7 Å². The predicted molar refractivity (Wildman–Crippen MR) is 93.7 cm³/mol. The van der Waals surface area contributed by atoms with Crippen molar-refractivity contribution in [1.82, 2.24) is 9.29 Å². The van der Waals surface area contributed by atoms with Gasteiger partial charge in [0.15, 0.2) is 9.34 Å². The summed E-state index contributed by atoms with van der Waals surface area (Å²) >= 11 is 4.37. The van der Waals surface area contributed by atoms with Gasteiger partial charge in [-0.25, -0.2) is 13.4 Å². The first-order valence-corrected chi connectivity index (χ1v) is 10.1. The zero-order valence-electron chi connectivity index (χ0n) is 12.7. The third kappa shape index (κ3) is 3.46. The van der Waals surface area contributed by atoms with Crippen LogP contribution in [-0.2, 0) is 21.4 Å². The lowest BCUT2D eigenvalue weighted by atomic mass is 10.2. The smallest absolute Gasteiger partial charge is 0.254 e. The standard InChI is InChI=1S/C14H14BrN3O4S2/c1-9(19)17-14-16-7-13(23-14)24(20,21)18-5-6-22-12-4-2-3-11(15)10(12)8-18/h2-4,7H,5-6,8H2,1H3,(H,16,17,19). The molecule has 0 spiro atoms. The highest BCUT2D eigenvalue weighted by Gasteiger charge is 2.30. The third-order valence-electron chi connectivity index (χ3n) is 3.37. The Bertz CT molecular complexity index is 882. The number of thiazole rings is 1. The van der Waals surface area contributed by atoms with Crippen LogP contribution < -0.4 is 10.1 Å². The first-order valence-electron chi connectivity index (χ1n) is 7.01. The van der Waals surface area contributed by atoms with E-state index in [1.165, 1.54) is 17.4 Å². The maximum atomic E-state index is 12.9. The number of ether oxygens (including phenoxy) is 1. The highest BCUT2D eigenvalue weighted by Crippen LogP contribution is 2.33. The quantitative estimate of drug-likeness (QED) is 0.805. The van der Waals surface area contributed by atoms with Crippen LogP contribution in [0.3, 0.4) is 0 Å². The van der Waals surface area contributed by atoms with E-state index in [4.69, 9.17) is 4.74 Å². The fourth-order valence-corrected chi connectivity index (χ4v) is 5.36. The van der Waals surface area contributed by atoms with E-state index in [1.54, 1.807) is 0 Å². The molecule has 0 bridgehead atoms. The van der Waals surface area contributed by atoms with Gasteiger partial charge in [-0.3, -0.25) is 4.79 Å². The highest BCUT2D eigenvalue weighted by atomic mass is 79.9. The highest BCUT2D eigenvalue weighted by molar-refractivity contribution is 9.10. The topological polar surface area (TPSA) is 88.6 Å². The Morgan fingerprint density at radius 1 is 1.46 bits per heavy atom. The molecular weight excluding hydrogens is 418 g/mol. The van der Waals surface area contributed by atoms with Crippen molar-refractivity contribution in [1.29, 1.82) is 0 Å². The maximum Gasteiger partial charge on any atom is 0.254 e. The number of anilines is 1. The average molecular weight is 432 g/mol. The van der Waals surface area contributed by atoms with Crippen molar-refractivity contribution in [3.63, 3.8) is 0 Å². The van der Waals surface area contributed by atoms with Gasteiger partial charge in [0.25, 0.3) is 10.0 Å². The molecule has 0 unspecified atom stereocenters. The van der Waals surface area contributed by atoms with E-state index >= 15 is 0 Å². The van der Waals surface area contributed by atoms with E-state index in [2.05, 4.69) is 26.2 Å². The van der Waals surface area contributed by atoms with Crippen LogP contribution in [0.4, 0.5) is 5.13 Å². The number of aromatic nitrogens is 1. The molecule has 1 aliphatic rings. The lowest BCUT2D eigenvalue weighted by Gasteiger charge is -2.18. The second-order valence-corrected chi connectivity index (χ2v) is 9.12. The van der Waals surface area contributed by atoms with Crippen LogP contribution in [0.2, 0.25) is 0 Å². The Hall–Kier alpha value is -1.49. The number of benzene rings is 1. The van der Waals surface area contributed by atoms with Gasteiger partial charge < -0.3 is 10.1 Å². The summed E-state index contributed by atoms with van der Waals surface area (Å²) in [6.45, 7) is 2.04. The zero-order valence-corrected chi connectivity index (χ0v) is 15.9. The summed E-state index contributed by atoms with van der Waals surface area (Å²) in [6, 6.07) is 5.51. The van der Waals surface area contributed by atoms with Gasteiger partial charge in [-0.15, -0.1) is 0 Å². The van der Waals surface area contributed by atoms with E-state index in [9.17, 15) is 13.2 Å². The number of halogens is 1. The van der Waals surface area contributed by atoms with E-state index in [-0.39, 0.29) is 34.9 Å². The maximum absolute atomic E-state index is 12.9. The van der Waals surface area contributed by atoms with Gasteiger partial charge in [0, 0.05) is 30.0 Å². The van der Waals surface area contributed by atoms with E-state index in [0.717, 1.165) is 21.4 Å². The van der Waals surface area contributed by atoms with Crippen LogP contribution in [0.1, 0.15) is 12.5 Å². The molecule has 1 amide bonds. The van der Waals surface area contributed by atoms with Crippen LogP contribution in [0.15, 0.2) is 33.1 Å². The number of hydrogen-bond donors (Lipinski definition) is 1. The van der Waals surface area contributed by atoms with Gasteiger partial charge in [0.2, 0.25) is 5.91 Å². The Labute approximate surface area is 151 Å². The monoisotopic (exact) mass is 431 g/mol. The molecule has 1 aliphatic heterocycles. The molecule has 128 valence electrons. The molecule has 24 heavy (non-hydrogen) atoms. The number of nitrogens with one attached hydrogen (secondary N) is 1. The van der Waals surface area contributed by atoms with Crippen LogP contribution in [0.5, 0.6) is 5.75 Å². The number of carbonyl (C=O) groups excluding carboxylic acids is 1. The molecule has 0 saturated heterocycles. The summed E-state index contributed by atoms with van der Waals surface area (Å²) in [5.74, 6) is 0.375. The zero-order chi connectivity index (χ0) is 17.3. The Morgan fingerprint density at radius 3 is 3.00 bits per heavy atom. The van der Waals surface area contributed by atoms with Gasteiger partial charge in [0.05, 0.1) is 6.20 Å². The summed E-state index contributed by atoms with van der Waals surface area (Å²) < 4.78 is 33.6. The Balaban J connectivity index is 1.91. The van der Waals surface area contributed by atoms with Crippen LogP contribution in [0.25, 0.3) is 0 Å². The normalized spacial score (nSPS) is 15.2. The van der Waals surface area contributed by atoms with Crippen molar-refractivity contribution >= 4 is 48.3 Å². The number of nitrogens with zero attached hydrogens (tertiary/aromatic N) is 2. The molecule has 0 radical (unpaired) electrons. The van der Waals surface area contributed by atoms with Gasteiger partial charge >= 0.3 is 0 Å². The van der Waals surface area contributed by atoms with Crippen molar-refractivity contribution < 1.29 is 17.9 Å². The molecule has 7 nitrogen and oxygen atoms in total. The van der Waals surface area contributed by atoms with Crippen LogP contribution >= 0.6 is 27.3 Å². The summed E-state index contributed by atoms with van der Waals surface area (Å²) in [4.78, 5) is 15.0. The molecule has 3 rings (SSSR count). The first-order chi connectivity index (χ1) is 11.4. The predicted octanol–water partition coefficient (Wildman–Crippen LogP) is 2.45. The van der Waals surface area contributed by atoms with Crippen molar-refractivity contribution in [3.05, 3.63) is 34.4 Å². The van der Waals surface area contributed by atoms with Gasteiger partial charge in [-0.05, 0) is 12.1 Å². The molecule has 1 aromatic heterocycles. The summed E-state index contributed by atoms with van der Waals surface area (Å²) in [6.07, 6.45) is 1.26. The van der Waals surface area contributed by atoms with Crippen LogP contribution in [0, 0.1) is 0 Å². The average Bonchev–Trinajstić information content (AvgIpc) is 2.85. The van der Waals surface area contributed by atoms with Gasteiger partial charge in [0.1, 0.15) is 12.4 Å². The number of hydrogen-bond acceptors (Lipinski definition) is 6. The lowest BCUT2D eigenvalue weighted by molar-refractivity contribution is -0.114. The summed E-state index contributed by atoms with van der Waals surface area (Å²) in [7, 11) is -3.72. The minimum Gasteiger partial charge on any atom is -0.492 e. The van der Waals surface area contributed by atoms with Crippen LogP contribution in [-0.4, -0.2) is 36.8 Å². The lowest BCUT2D eigenvalue weighted by Crippen LogP contribution is -2.32. The molecule has 2 aromatic rings. The fourth-order valence-electron chi connectivity index (χ4n) is 2.26. The molecule has 0 saturated carbocycles. The summed E-state index contributed by atoms with van der Waals surface area (Å²) in [5.41, 5.74) is 0.783. The number of fused-ring (bicyclic) bond motifs is 1. The molecule has 1 N–H and O–H groups in total. The molecule has 0 fully saturated rings. The van der Waals surface area contributed by atoms with Crippen molar-refractivity contribution in [2.75, 3.05) is 18.5 Å². The first kappa shape index (κ1) is 17.3.